The van der Waals surface area contributed by atoms with Crippen LogP contribution in [0.4, 0.5) is 0 Å². The summed E-state index contributed by atoms with van der Waals surface area (Å²) in [6.07, 6.45) is 3.79. The predicted molar refractivity (Wildman–Crippen MR) is 81.2 cm³/mol. The van der Waals surface area contributed by atoms with E-state index in [0.717, 1.165) is 6.42 Å². The summed E-state index contributed by atoms with van der Waals surface area (Å²) in [6.45, 7) is 1.02. The summed E-state index contributed by atoms with van der Waals surface area (Å²) >= 11 is 0. The van der Waals surface area contributed by atoms with Gasteiger partial charge in [0.1, 0.15) is 6.10 Å². The molecule has 1 aliphatic heterocycles. The van der Waals surface area contributed by atoms with Crippen LogP contribution < -0.4 is 4.74 Å². The van der Waals surface area contributed by atoms with Crippen LogP contribution in [0.15, 0.2) is 51.6 Å². The number of carbonyl (C=O) groups is 1. The van der Waals surface area contributed by atoms with E-state index >= 15 is 0 Å². The van der Waals surface area contributed by atoms with Gasteiger partial charge in [0, 0.05) is 25.2 Å². The van der Waals surface area contributed by atoms with E-state index in [1.165, 1.54) is 6.26 Å². The Hall–Kier alpha value is -3.16. The van der Waals surface area contributed by atoms with Crippen molar-refractivity contribution in [2.24, 2.45) is 0 Å². The molecule has 0 radical (unpaired) electrons. The first kappa shape index (κ1) is 14.4. The second-order valence-electron chi connectivity index (χ2n) is 5.34. The molecule has 0 N–H and O–H groups in total. The first-order valence-corrected chi connectivity index (χ1v) is 7.54. The lowest BCUT2D eigenvalue weighted by molar-refractivity contribution is 0.0732. The van der Waals surface area contributed by atoms with Gasteiger partial charge in [-0.15, -0.1) is 10.2 Å². The summed E-state index contributed by atoms with van der Waals surface area (Å²) in [5.41, 5.74) is 0. The molecule has 4 heterocycles. The summed E-state index contributed by atoms with van der Waals surface area (Å²) in [5, 5.41) is 7.64. The molecule has 0 aliphatic carbocycles. The van der Waals surface area contributed by atoms with Gasteiger partial charge >= 0.3 is 11.8 Å². The molecule has 0 saturated carbocycles. The first-order valence-electron chi connectivity index (χ1n) is 7.54. The molecule has 0 bridgehead atoms. The van der Waals surface area contributed by atoms with E-state index in [-0.39, 0.29) is 23.8 Å². The minimum Gasteiger partial charge on any atom is -0.472 e. The second-order valence-corrected chi connectivity index (χ2v) is 5.34. The molecule has 1 saturated heterocycles. The highest BCUT2D eigenvalue weighted by molar-refractivity contribution is 5.90. The van der Waals surface area contributed by atoms with Crippen molar-refractivity contribution in [3.05, 3.63) is 48.7 Å². The van der Waals surface area contributed by atoms with E-state index in [0.29, 0.717) is 24.7 Å². The quantitative estimate of drug-likeness (QED) is 0.724. The highest BCUT2D eigenvalue weighted by Crippen LogP contribution is 2.21. The molecule has 1 unspecified atom stereocenters. The molecule has 0 spiro atoms. The Morgan fingerprint density at radius 3 is 3.00 bits per heavy atom. The SMILES string of the molecule is O=C(c1nnc(-c2ccco2)o1)N1CCC(Oc2ccccn2)C1. The minimum absolute atomic E-state index is 0.0557. The van der Waals surface area contributed by atoms with Crippen molar-refractivity contribution in [3.8, 4) is 17.5 Å². The van der Waals surface area contributed by atoms with E-state index in [9.17, 15) is 4.79 Å². The predicted octanol–water partition coefficient (Wildman–Crippen LogP) is 2.02. The van der Waals surface area contributed by atoms with E-state index in [1.54, 1.807) is 29.3 Å². The van der Waals surface area contributed by atoms with Crippen LogP contribution >= 0.6 is 0 Å². The summed E-state index contributed by atoms with van der Waals surface area (Å²) < 4.78 is 16.3. The van der Waals surface area contributed by atoms with Gasteiger partial charge in [-0.05, 0) is 18.2 Å². The van der Waals surface area contributed by atoms with Crippen molar-refractivity contribution in [2.45, 2.75) is 12.5 Å². The van der Waals surface area contributed by atoms with Crippen LogP contribution in [0.25, 0.3) is 11.7 Å². The third kappa shape index (κ3) is 2.85. The smallest absolute Gasteiger partial charge is 0.311 e. The van der Waals surface area contributed by atoms with Gasteiger partial charge in [0.15, 0.2) is 5.76 Å². The molecule has 122 valence electrons. The highest BCUT2D eigenvalue weighted by atomic mass is 16.5. The van der Waals surface area contributed by atoms with Gasteiger partial charge < -0.3 is 18.5 Å². The number of pyridine rings is 1. The molecule has 1 amide bonds. The average Bonchev–Trinajstić information content (AvgIpc) is 3.36. The molecule has 8 nitrogen and oxygen atoms in total. The first-order chi connectivity index (χ1) is 11.8. The molecule has 1 atom stereocenters. The van der Waals surface area contributed by atoms with Gasteiger partial charge in [0.05, 0.1) is 12.8 Å². The lowest BCUT2D eigenvalue weighted by atomic mass is 10.3. The maximum atomic E-state index is 12.5. The fourth-order valence-electron chi connectivity index (χ4n) is 2.54. The summed E-state index contributed by atoms with van der Waals surface area (Å²) in [6, 6.07) is 8.87. The number of hydrogen-bond acceptors (Lipinski definition) is 7. The number of nitrogens with zero attached hydrogens (tertiary/aromatic N) is 4. The van der Waals surface area contributed by atoms with Gasteiger partial charge in [-0.3, -0.25) is 4.79 Å². The normalized spacial score (nSPS) is 17.2. The van der Waals surface area contributed by atoms with E-state index in [2.05, 4.69) is 15.2 Å². The van der Waals surface area contributed by atoms with Crippen LogP contribution in [0, 0.1) is 0 Å². The number of likely N-dealkylation sites (tertiary alicyclic amines) is 1. The molecule has 3 aromatic rings. The van der Waals surface area contributed by atoms with Crippen LogP contribution in [-0.4, -0.2) is 45.2 Å². The van der Waals surface area contributed by atoms with Crippen LogP contribution in [0.5, 0.6) is 5.88 Å². The number of aromatic nitrogens is 3. The Labute approximate surface area is 137 Å². The second kappa shape index (κ2) is 6.15. The van der Waals surface area contributed by atoms with Gasteiger partial charge in [-0.2, -0.15) is 0 Å². The highest BCUT2D eigenvalue weighted by Gasteiger charge is 2.31. The Morgan fingerprint density at radius 1 is 1.25 bits per heavy atom. The third-order valence-corrected chi connectivity index (χ3v) is 3.70. The molecular weight excluding hydrogens is 312 g/mol. The molecular formula is C16H14N4O4. The van der Waals surface area contributed by atoms with Crippen LogP contribution in [0.2, 0.25) is 0 Å². The molecule has 8 heteroatoms. The Morgan fingerprint density at radius 2 is 2.21 bits per heavy atom. The van der Waals surface area contributed by atoms with E-state index in [1.807, 2.05) is 12.1 Å². The van der Waals surface area contributed by atoms with Crippen molar-refractivity contribution in [3.63, 3.8) is 0 Å². The van der Waals surface area contributed by atoms with Gasteiger partial charge in [-0.25, -0.2) is 4.98 Å². The van der Waals surface area contributed by atoms with Crippen molar-refractivity contribution >= 4 is 5.91 Å². The Kier molecular flexibility index (Phi) is 3.70. The van der Waals surface area contributed by atoms with Gasteiger partial charge in [-0.1, -0.05) is 6.07 Å². The number of carbonyl (C=O) groups excluding carboxylic acids is 1. The number of ether oxygens (including phenoxy) is 1. The summed E-state index contributed by atoms with van der Waals surface area (Å²) in [7, 11) is 0. The van der Waals surface area contributed by atoms with Crippen molar-refractivity contribution < 1.29 is 18.4 Å². The fourth-order valence-corrected chi connectivity index (χ4v) is 2.54. The van der Waals surface area contributed by atoms with E-state index < -0.39 is 0 Å². The maximum absolute atomic E-state index is 12.5. The minimum atomic E-state index is -0.313. The lowest BCUT2D eigenvalue weighted by Crippen LogP contribution is -2.31. The van der Waals surface area contributed by atoms with E-state index in [4.69, 9.17) is 13.6 Å². The molecule has 4 rings (SSSR count). The van der Waals surface area contributed by atoms with Crippen LogP contribution in [0.3, 0.4) is 0 Å². The monoisotopic (exact) mass is 326 g/mol. The molecule has 1 aliphatic rings. The number of rotatable bonds is 4. The third-order valence-electron chi connectivity index (χ3n) is 3.70. The van der Waals surface area contributed by atoms with Crippen molar-refractivity contribution in [1.29, 1.82) is 0 Å². The number of furan rings is 1. The zero-order valence-electron chi connectivity index (χ0n) is 12.7. The van der Waals surface area contributed by atoms with Crippen LogP contribution in [-0.2, 0) is 0 Å². The maximum Gasteiger partial charge on any atom is 0.311 e. The Balaban J connectivity index is 1.41. The van der Waals surface area contributed by atoms with Crippen molar-refractivity contribution in [2.75, 3.05) is 13.1 Å². The Bertz CT molecular complexity index is 816. The fraction of sp³-hybridized carbons (Fsp3) is 0.250. The molecule has 0 aromatic carbocycles. The summed E-state index contributed by atoms with van der Waals surface area (Å²) in [4.78, 5) is 18.2. The molecule has 3 aromatic heterocycles. The van der Waals surface area contributed by atoms with Crippen molar-refractivity contribution in [1.82, 2.24) is 20.1 Å². The molecule has 1 fully saturated rings. The standard InChI is InChI=1S/C16H14N4O4/c21-16(15-19-18-14(24-15)12-4-3-9-22-12)20-8-6-11(10-20)23-13-5-1-2-7-17-13/h1-5,7,9,11H,6,8,10H2. The number of hydrogen-bond donors (Lipinski definition) is 0. The zero-order chi connectivity index (χ0) is 16.4. The average molecular weight is 326 g/mol. The summed E-state index contributed by atoms with van der Waals surface area (Å²) in [5.74, 6) is 0.796. The van der Waals surface area contributed by atoms with Gasteiger partial charge in [0.25, 0.3) is 5.89 Å². The zero-order valence-corrected chi connectivity index (χ0v) is 12.7. The van der Waals surface area contributed by atoms with Crippen LogP contribution in [0.1, 0.15) is 17.1 Å². The van der Waals surface area contributed by atoms with Gasteiger partial charge in [0.2, 0.25) is 5.88 Å². The molecule has 24 heavy (non-hydrogen) atoms. The lowest BCUT2D eigenvalue weighted by Gasteiger charge is -2.14. The number of amides is 1. The largest absolute Gasteiger partial charge is 0.472 e. The topological polar surface area (TPSA) is 94.5 Å².